The Hall–Kier alpha value is -7.88. The van der Waals surface area contributed by atoms with Crippen molar-refractivity contribution in [2.45, 2.75) is 46.0 Å². The third-order valence-electron chi connectivity index (χ3n) is 15.2. The molecule has 66 heavy (non-hydrogen) atoms. The molecule has 0 saturated carbocycles. The summed E-state index contributed by atoms with van der Waals surface area (Å²) < 4.78 is 9.09. The minimum absolute atomic E-state index is 0.179. The molecule has 0 radical (unpaired) electrons. The summed E-state index contributed by atoms with van der Waals surface area (Å²) in [6, 6.07) is 72.1. The maximum Gasteiger partial charge on any atom is 0.137 e. The van der Waals surface area contributed by atoms with Gasteiger partial charge in [-0.15, -0.1) is 0 Å². The van der Waals surface area contributed by atoms with E-state index in [9.17, 15) is 0 Å². The Balaban J connectivity index is 1.09. The predicted octanol–water partition coefficient (Wildman–Crippen LogP) is 17.8. The zero-order chi connectivity index (χ0) is 44.3. The van der Waals surface area contributed by atoms with Crippen molar-refractivity contribution in [3.8, 4) is 27.9 Å². The van der Waals surface area contributed by atoms with Crippen LogP contribution >= 0.6 is 0 Å². The molecule has 1 aliphatic carbocycles. The SMILES string of the molecule is CCC1(CC)c2cc(-c3cccc(C)c3C)ccc2-c2c1cc(N(c1ccc3c(c1)oc1ccccc13)c1ccc3c(c1)c1ccccc1n3-c1cccc3ccccc13)c1ccccc21. The number of aryl methyl sites for hydroxylation is 1. The van der Waals surface area contributed by atoms with E-state index in [0.29, 0.717) is 0 Å². The molecule has 10 aromatic carbocycles. The third-order valence-corrected chi connectivity index (χ3v) is 15.2. The van der Waals surface area contributed by atoms with Gasteiger partial charge < -0.3 is 13.9 Å². The first-order valence-corrected chi connectivity index (χ1v) is 23.5. The molecule has 0 bridgehead atoms. The standard InChI is InChI=1S/C63H48N2O/c1-5-63(6-2)54-35-42(45-25-15-17-39(3)40(45)4)29-32-52(54)62-51-24-10-9-21-47(51)59(38-55(62)63)64(44-30-33-50-49-23-12-14-28-60(49)66-61(50)37-44)43-31-34-58-53(36-43)48-22-11-13-26-57(48)65(58)56-27-16-19-41-18-7-8-20-46(41)56/h7-38H,5-6H2,1-4H3. The van der Waals surface area contributed by atoms with Gasteiger partial charge in [0.1, 0.15) is 11.2 Å². The summed E-state index contributed by atoms with van der Waals surface area (Å²) in [6.45, 7) is 9.25. The Kier molecular flexibility index (Phi) is 8.51. The van der Waals surface area contributed by atoms with Crippen molar-refractivity contribution in [3.05, 3.63) is 216 Å². The second kappa shape index (κ2) is 14.6. The van der Waals surface area contributed by atoms with Crippen LogP contribution in [0.25, 0.3) is 93.2 Å². The first-order valence-electron chi connectivity index (χ1n) is 23.5. The van der Waals surface area contributed by atoms with Gasteiger partial charge in [0, 0.05) is 55.2 Å². The van der Waals surface area contributed by atoms with E-state index in [1.807, 2.05) is 0 Å². The van der Waals surface area contributed by atoms with Crippen LogP contribution in [0.2, 0.25) is 0 Å². The quantitative estimate of drug-likeness (QED) is 0.159. The lowest BCUT2D eigenvalue weighted by Gasteiger charge is -2.33. The minimum atomic E-state index is -0.179. The first-order chi connectivity index (χ1) is 32.5. The van der Waals surface area contributed by atoms with E-state index < -0.39 is 0 Å². The van der Waals surface area contributed by atoms with E-state index in [0.717, 1.165) is 51.8 Å². The number of aromatic nitrogens is 1. The largest absolute Gasteiger partial charge is 0.456 e. The molecule has 12 aromatic rings. The number of rotatable bonds is 7. The van der Waals surface area contributed by atoms with Gasteiger partial charge in [-0.05, 0) is 143 Å². The van der Waals surface area contributed by atoms with E-state index in [1.54, 1.807) is 0 Å². The Labute approximate surface area is 384 Å². The van der Waals surface area contributed by atoms with Crippen LogP contribution < -0.4 is 4.90 Å². The van der Waals surface area contributed by atoms with Gasteiger partial charge in [-0.1, -0.05) is 141 Å². The maximum atomic E-state index is 6.64. The number of anilines is 3. The molecule has 0 atom stereocenters. The summed E-state index contributed by atoms with van der Waals surface area (Å²) in [7, 11) is 0. The minimum Gasteiger partial charge on any atom is -0.456 e. The Morgan fingerprint density at radius 3 is 1.98 bits per heavy atom. The van der Waals surface area contributed by atoms with Crippen LogP contribution in [-0.4, -0.2) is 4.57 Å². The molecule has 3 nitrogen and oxygen atoms in total. The average molecular weight is 849 g/mol. The summed E-state index contributed by atoms with van der Waals surface area (Å²) in [4.78, 5) is 2.50. The maximum absolute atomic E-state index is 6.64. The first kappa shape index (κ1) is 38.6. The zero-order valence-corrected chi connectivity index (χ0v) is 37.7. The molecule has 0 aliphatic heterocycles. The van der Waals surface area contributed by atoms with E-state index >= 15 is 0 Å². The van der Waals surface area contributed by atoms with Gasteiger partial charge in [0.25, 0.3) is 0 Å². The van der Waals surface area contributed by atoms with Crippen LogP contribution in [0.5, 0.6) is 0 Å². The Morgan fingerprint density at radius 2 is 1.14 bits per heavy atom. The molecule has 0 unspecified atom stereocenters. The molecule has 3 heteroatoms. The molecule has 2 heterocycles. The van der Waals surface area contributed by atoms with Crippen LogP contribution in [0.1, 0.15) is 48.9 Å². The van der Waals surface area contributed by atoms with Gasteiger partial charge >= 0.3 is 0 Å². The smallest absolute Gasteiger partial charge is 0.137 e. The number of nitrogens with zero attached hydrogens (tertiary/aromatic N) is 2. The highest BCUT2D eigenvalue weighted by atomic mass is 16.3. The van der Waals surface area contributed by atoms with Gasteiger partial charge in [-0.2, -0.15) is 0 Å². The highest BCUT2D eigenvalue weighted by Gasteiger charge is 2.42. The topological polar surface area (TPSA) is 21.3 Å². The molecule has 0 spiro atoms. The second-order valence-corrected chi connectivity index (χ2v) is 18.3. The lowest BCUT2D eigenvalue weighted by molar-refractivity contribution is 0.491. The monoisotopic (exact) mass is 848 g/mol. The fourth-order valence-electron chi connectivity index (χ4n) is 11.8. The molecule has 2 aromatic heterocycles. The van der Waals surface area contributed by atoms with Gasteiger partial charge in [-0.3, -0.25) is 0 Å². The van der Waals surface area contributed by atoms with Gasteiger partial charge in [0.2, 0.25) is 0 Å². The fourth-order valence-corrected chi connectivity index (χ4v) is 11.8. The summed E-state index contributed by atoms with van der Waals surface area (Å²) in [5.74, 6) is 0. The summed E-state index contributed by atoms with van der Waals surface area (Å²) in [5, 5.41) is 9.63. The number of furan rings is 1. The Bertz CT molecular complexity index is 3950. The number of para-hydroxylation sites is 2. The van der Waals surface area contributed by atoms with E-state index in [2.05, 4.69) is 231 Å². The highest BCUT2D eigenvalue weighted by Crippen LogP contribution is 2.58. The summed E-state index contributed by atoms with van der Waals surface area (Å²) in [6.07, 6.45) is 1.98. The second-order valence-electron chi connectivity index (χ2n) is 18.3. The average Bonchev–Trinajstić information content (AvgIpc) is 4.00. The van der Waals surface area contributed by atoms with Crippen molar-refractivity contribution < 1.29 is 4.42 Å². The summed E-state index contributed by atoms with van der Waals surface area (Å²) in [5.41, 5.74) is 19.2. The van der Waals surface area contributed by atoms with Crippen LogP contribution in [0.15, 0.2) is 199 Å². The normalized spacial score (nSPS) is 13.1. The van der Waals surface area contributed by atoms with Crippen LogP contribution in [0.3, 0.4) is 0 Å². The molecule has 1 aliphatic rings. The van der Waals surface area contributed by atoms with E-state index in [1.165, 1.54) is 93.5 Å². The van der Waals surface area contributed by atoms with Crippen LogP contribution in [-0.2, 0) is 5.41 Å². The lowest BCUT2D eigenvalue weighted by atomic mass is 9.73. The molecular weight excluding hydrogens is 801 g/mol. The van der Waals surface area contributed by atoms with Crippen molar-refractivity contribution in [2.24, 2.45) is 0 Å². The molecule has 0 saturated heterocycles. The number of hydrogen-bond acceptors (Lipinski definition) is 2. The van der Waals surface area contributed by atoms with Crippen molar-refractivity contribution in [1.29, 1.82) is 0 Å². The fraction of sp³-hybridized carbons (Fsp3) is 0.111. The molecule has 0 N–H and O–H groups in total. The zero-order valence-electron chi connectivity index (χ0n) is 37.7. The molecule has 0 fully saturated rings. The molecule has 316 valence electrons. The van der Waals surface area contributed by atoms with E-state index in [4.69, 9.17) is 4.42 Å². The van der Waals surface area contributed by atoms with Crippen molar-refractivity contribution in [1.82, 2.24) is 4.57 Å². The number of benzene rings is 10. The van der Waals surface area contributed by atoms with Gasteiger partial charge in [-0.25, -0.2) is 0 Å². The van der Waals surface area contributed by atoms with E-state index in [-0.39, 0.29) is 5.41 Å². The predicted molar refractivity (Wildman–Crippen MR) is 279 cm³/mol. The Morgan fingerprint density at radius 1 is 0.470 bits per heavy atom. The number of fused-ring (bicyclic) bond motifs is 12. The van der Waals surface area contributed by atoms with Gasteiger partial charge in [0.05, 0.1) is 22.4 Å². The highest BCUT2D eigenvalue weighted by molar-refractivity contribution is 6.14. The van der Waals surface area contributed by atoms with Crippen LogP contribution in [0.4, 0.5) is 17.1 Å². The third kappa shape index (κ3) is 5.44. The van der Waals surface area contributed by atoms with Gasteiger partial charge in [0.15, 0.2) is 0 Å². The van der Waals surface area contributed by atoms with Crippen molar-refractivity contribution >= 4 is 82.4 Å². The van der Waals surface area contributed by atoms with Crippen molar-refractivity contribution in [3.63, 3.8) is 0 Å². The van der Waals surface area contributed by atoms with Crippen molar-refractivity contribution in [2.75, 3.05) is 4.90 Å². The van der Waals surface area contributed by atoms with Crippen LogP contribution in [0, 0.1) is 13.8 Å². The summed E-state index contributed by atoms with van der Waals surface area (Å²) >= 11 is 0. The molecular formula is C63H48N2O. The molecule has 13 rings (SSSR count). The number of hydrogen-bond donors (Lipinski definition) is 0. The lowest BCUT2D eigenvalue weighted by Crippen LogP contribution is -2.23. The molecule has 0 amide bonds.